The first-order valence-corrected chi connectivity index (χ1v) is 7.42. The fraction of sp³-hybridized carbons (Fsp3) is 0.714. The van der Waals surface area contributed by atoms with Crippen molar-refractivity contribution in [3.63, 3.8) is 0 Å². The van der Waals surface area contributed by atoms with Crippen LogP contribution in [0.3, 0.4) is 0 Å². The third-order valence-corrected chi connectivity index (χ3v) is 3.83. The lowest BCUT2D eigenvalue weighted by Crippen LogP contribution is -2.42. The van der Waals surface area contributed by atoms with Crippen LogP contribution in [0.15, 0.2) is 0 Å². The van der Waals surface area contributed by atoms with Crippen molar-refractivity contribution in [2.24, 2.45) is 5.41 Å². The molecule has 6 heteroatoms. The topological polar surface area (TPSA) is 59.0 Å². The smallest absolute Gasteiger partial charge is 0.226 e. The number of hydrogen-bond donors (Lipinski definition) is 2. The van der Waals surface area contributed by atoms with Crippen LogP contribution in [0.1, 0.15) is 39.1 Å². The van der Waals surface area contributed by atoms with E-state index in [-0.39, 0.29) is 5.91 Å². The molecule has 0 saturated carbocycles. The molecular weight excluding hydrogens is 276 g/mol. The van der Waals surface area contributed by atoms with Gasteiger partial charge >= 0.3 is 0 Å². The van der Waals surface area contributed by atoms with E-state index in [0.717, 1.165) is 29.4 Å². The van der Waals surface area contributed by atoms with Crippen molar-refractivity contribution in [2.75, 3.05) is 13.6 Å². The van der Waals surface area contributed by atoms with Gasteiger partial charge in [-0.3, -0.25) is 9.48 Å². The molecule has 114 valence electrons. The number of nitrogens with one attached hydrogen (secondary N) is 2. The summed E-state index contributed by atoms with van der Waals surface area (Å²) in [5, 5.41) is 11.2. The van der Waals surface area contributed by atoms with Crippen molar-refractivity contribution in [1.29, 1.82) is 0 Å². The molecule has 0 fully saturated rings. The molecule has 1 rings (SSSR count). The van der Waals surface area contributed by atoms with Crippen molar-refractivity contribution >= 4 is 17.5 Å². The Morgan fingerprint density at radius 3 is 2.55 bits per heavy atom. The van der Waals surface area contributed by atoms with E-state index in [1.807, 2.05) is 32.4 Å². The molecule has 0 aliphatic carbocycles. The van der Waals surface area contributed by atoms with E-state index in [2.05, 4.69) is 15.7 Å². The number of hydrogen-bond acceptors (Lipinski definition) is 3. The normalized spacial score (nSPS) is 11.7. The molecule has 1 amide bonds. The zero-order chi connectivity index (χ0) is 15.3. The van der Waals surface area contributed by atoms with Gasteiger partial charge < -0.3 is 10.6 Å². The van der Waals surface area contributed by atoms with Gasteiger partial charge in [0.1, 0.15) is 0 Å². The van der Waals surface area contributed by atoms with E-state index in [0.29, 0.717) is 13.1 Å². The quantitative estimate of drug-likeness (QED) is 0.809. The first kappa shape index (κ1) is 17.0. The van der Waals surface area contributed by atoms with Crippen LogP contribution in [0.25, 0.3) is 0 Å². The van der Waals surface area contributed by atoms with E-state index >= 15 is 0 Å². The first-order chi connectivity index (χ1) is 9.37. The third kappa shape index (κ3) is 3.73. The molecule has 2 N–H and O–H groups in total. The lowest BCUT2D eigenvalue weighted by Gasteiger charge is -2.23. The van der Waals surface area contributed by atoms with E-state index in [1.165, 1.54) is 0 Å². The van der Waals surface area contributed by atoms with Gasteiger partial charge in [-0.1, -0.05) is 18.5 Å². The maximum absolute atomic E-state index is 11.7. The van der Waals surface area contributed by atoms with Crippen LogP contribution < -0.4 is 10.6 Å². The van der Waals surface area contributed by atoms with Crippen molar-refractivity contribution in [2.45, 2.75) is 47.2 Å². The fourth-order valence-electron chi connectivity index (χ4n) is 2.10. The average Bonchev–Trinajstić information content (AvgIpc) is 2.74. The second-order valence-electron chi connectivity index (χ2n) is 5.44. The number of amides is 1. The van der Waals surface area contributed by atoms with Gasteiger partial charge in [0.05, 0.1) is 21.8 Å². The summed E-state index contributed by atoms with van der Waals surface area (Å²) in [5.41, 5.74) is 1.46. The van der Waals surface area contributed by atoms with Crippen LogP contribution in [-0.2, 0) is 24.3 Å². The van der Waals surface area contributed by atoms with Crippen molar-refractivity contribution in [3.8, 4) is 0 Å². The number of aryl methyl sites for hydroxylation is 2. The van der Waals surface area contributed by atoms with E-state index < -0.39 is 5.41 Å². The molecule has 1 heterocycles. The van der Waals surface area contributed by atoms with Gasteiger partial charge in [0.25, 0.3) is 0 Å². The highest BCUT2D eigenvalue weighted by Crippen LogP contribution is 2.22. The molecule has 0 unspecified atom stereocenters. The highest BCUT2D eigenvalue weighted by atomic mass is 35.5. The molecule has 0 aliphatic heterocycles. The Bertz CT molecular complexity index is 468. The predicted molar refractivity (Wildman–Crippen MR) is 81.8 cm³/mol. The molecule has 0 atom stereocenters. The monoisotopic (exact) mass is 300 g/mol. The van der Waals surface area contributed by atoms with Gasteiger partial charge in [-0.2, -0.15) is 5.10 Å². The van der Waals surface area contributed by atoms with Crippen LogP contribution in [-0.4, -0.2) is 29.3 Å². The van der Waals surface area contributed by atoms with Gasteiger partial charge in [-0.05, 0) is 27.2 Å². The third-order valence-electron chi connectivity index (χ3n) is 3.40. The number of halogens is 1. The zero-order valence-electron chi connectivity index (χ0n) is 13.0. The van der Waals surface area contributed by atoms with Crippen LogP contribution in [0, 0.1) is 5.41 Å². The molecule has 1 aromatic rings. The molecule has 20 heavy (non-hydrogen) atoms. The molecule has 0 spiro atoms. The second-order valence-corrected chi connectivity index (χ2v) is 5.82. The predicted octanol–water partition coefficient (Wildman–Crippen LogP) is 1.98. The van der Waals surface area contributed by atoms with Crippen LogP contribution >= 0.6 is 11.6 Å². The average molecular weight is 301 g/mol. The van der Waals surface area contributed by atoms with Gasteiger partial charge in [0, 0.05) is 26.7 Å². The summed E-state index contributed by atoms with van der Waals surface area (Å²) in [4.78, 5) is 11.7. The second kappa shape index (κ2) is 7.09. The van der Waals surface area contributed by atoms with Gasteiger partial charge in [-0.15, -0.1) is 0 Å². The lowest BCUT2D eigenvalue weighted by atomic mass is 9.92. The number of carbonyl (C=O) groups is 1. The SMILES string of the molecule is CCc1nn(CC)c(CNCC(C)(C)C(=O)NC)c1Cl. The maximum atomic E-state index is 11.7. The Balaban J connectivity index is 2.71. The summed E-state index contributed by atoms with van der Waals surface area (Å²) >= 11 is 6.35. The Labute approximate surface area is 126 Å². The van der Waals surface area contributed by atoms with Crippen LogP contribution in [0.4, 0.5) is 0 Å². The minimum absolute atomic E-state index is 0.0225. The highest BCUT2D eigenvalue weighted by Gasteiger charge is 2.26. The minimum atomic E-state index is -0.453. The summed E-state index contributed by atoms with van der Waals surface area (Å²) in [6.45, 7) is 9.89. The molecule has 0 saturated heterocycles. The van der Waals surface area contributed by atoms with Crippen molar-refractivity contribution < 1.29 is 4.79 Å². The van der Waals surface area contributed by atoms with E-state index in [4.69, 9.17) is 11.6 Å². The minimum Gasteiger partial charge on any atom is -0.359 e. The molecule has 0 radical (unpaired) electrons. The summed E-state index contributed by atoms with van der Waals surface area (Å²) < 4.78 is 1.92. The molecule has 0 aliphatic rings. The zero-order valence-corrected chi connectivity index (χ0v) is 13.8. The summed E-state index contributed by atoms with van der Waals surface area (Å²) in [5.74, 6) is 0.0225. The fourth-order valence-corrected chi connectivity index (χ4v) is 2.43. The lowest BCUT2D eigenvalue weighted by molar-refractivity contribution is -0.128. The van der Waals surface area contributed by atoms with Gasteiger partial charge in [-0.25, -0.2) is 0 Å². The highest BCUT2D eigenvalue weighted by molar-refractivity contribution is 6.31. The molecule has 0 bridgehead atoms. The molecular formula is C14H25ClN4O. The number of carbonyl (C=O) groups excluding carboxylic acids is 1. The molecule has 1 aromatic heterocycles. The number of rotatable bonds is 7. The largest absolute Gasteiger partial charge is 0.359 e. The summed E-state index contributed by atoms with van der Waals surface area (Å²) in [7, 11) is 1.65. The number of aromatic nitrogens is 2. The van der Waals surface area contributed by atoms with Crippen molar-refractivity contribution in [3.05, 3.63) is 16.4 Å². The van der Waals surface area contributed by atoms with E-state index in [1.54, 1.807) is 7.05 Å². The summed E-state index contributed by atoms with van der Waals surface area (Å²) in [6.07, 6.45) is 0.822. The maximum Gasteiger partial charge on any atom is 0.226 e. The number of nitrogens with zero attached hydrogens (tertiary/aromatic N) is 2. The van der Waals surface area contributed by atoms with E-state index in [9.17, 15) is 4.79 Å². The Morgan fingerprint density at radius 1 is 1.40 bits per heavy atom. The summed E-state index contributed by atoms with van der Waals surface area (Å²) in [6, 6.07) is 0. The van der Waals surface area contributed by atoms with Crippen LogP contribution in [0.2, 0.25) is 5.02 Å². The van der Waals surface area contributed by atoms with Gasteiger partial charge in [0.15, 0.2) is 0 Å². The van der Waals surface area contributed by atoms with Gasteiger partial charge in [0.2, 0.25) is 5.91 Å². The molecule has 5 nitrogen and oxygen atoms in total. The molecule has 0 aromatic carbocycles. The first-order valence-electron chi connectivity index (χ1n) is 7.04. The standard InChI is InChI=1S/C14H25ClN4O/c1-6-10-12(15)11(19(7-2)18-10)8-17-9-14(3,4)13(20)16-5/h17H,6-9H2,1-5H3,(H,16,20). The Kier molecular flexibility index (Phi) is 6.02. The van der Waals surface area contributed by atoms with Crippen LogP contribution in [0.5, 0.6) is 0 Å². The Hall–Kier alpha value is -1.07. The Morgan fingerprint density at radius 2 is 2.05 bits per heavy atom. The van der Waals surface area contributed by atoms with Crippen molar-refractivity contribution in [1.82, 2.24) is 20.4 Å².